The summed E-state index contributed by atoms with van der Waals surface area (Å²) in [6, 6.07) is 26.0. The predicted molar refractivity (Wildman–Crippen MR) is 125 cm³/mol. The highest BCUT2D eigenvalue weighted by molar-refractivity contribution is 5.95. The first-order chi connectivity index (χ1) is 15.1. The fourth-order valence-electron chi connectivity index (χ4n) is 5.03. The van der Waals surface area contributed by atoms with Gasteiger partial charge in [-0.15, -0.1) is 0 Å². The van der Waals surface area contributed by atoms with Crippen molar-refractivity contribution in [3.63, 3.8) is 0 Å². The number of aryl methyl sites for hydroxylation is 3. The number of para-hydroxylation sites is 1. The number of fused-ring (bicyclic) bond motifs is 5. The first-order valence-corrected chi connectivity index (χ1v) is 10.8. The summed E-state index contributed by atoms with van der Waals surface area (Å²) >= 11 is 0. The number of nitrogens with zero attached hydrogens (tertiary/aromatic N) is 3. The standard InChI is InChI=1S/C28H24N3/c1-18-13-14-23-28(31-24-12-8-7-11-21(24)15-26(31)29-23)27(18)25-16-22(19(2)17-30(25)3)20-9-5-4-6-10-20/h4-14,16-17H,15H2,1-3H3/q+1. The van der Waals surface area contributed by atoms with Crippen LogP contribution >= 0.6 is 0 Å². The molecule has 31 heavy (non-hydrogen) atoms. The van der Waals surface area contributed by atoms with Crippen molar-refractivity contribution in [2.75, 3.05) is 0 Å². The van der Waals surface area contributed by atoms with Gasteiger partial charge in [-0.2, -0.15) is 0 Å². The van der Waals surface area contributed by atoms with Crippen LogP contribution in [0.5, 0.6) is 0 Å². The molecule has 0 bridgehead atoms. The Morgan fingerprint density at radius 1 is 0.871 bits per heavy atom. The van der Waals surface area contributed by atoms with E-state index in [4.69, 9.17) is 4.98 Å². The third-order valence-electron chi connectivity index (χ3n) is 6.49. The highest BCUT2D eigenvalue weighted by Gasteiger charge is 2.27. The Labute approximate surface area is 182 Å². The third kappa shape index (κ3) is 2.66. The quantitative estimate of drug-likeness (QED) is 0.340. The molecular weight excluding hydrogens is 378 g/mol. The van der Waals surface area contributed by atoms with Crippen LogP contribution in [0.4, 0.5) is 0 Å². The Morgan fingerprint density at radius 3 is 2.48 bits per heavy atom. The number of aromatic nitrogens is 3. The van der Waals surface area contributed by atoms with E-state index in [2.05, 4.69) is 109 Å². The number of pyridine rings is 1. The van der Waals surface area contributed by atoms with Gasteiger partial charge in [0.25, 0.3) is 0 Å². The first kappa shape index (κ1) is 18.1. The molecular formula is C28H24N3+. The third-order valence-corrected chi connectivity index (χ3v) is 6.49. The molecule has 3 heteroatoms. The molecule has 2 aromatic heterocycles. The Hall–Kier alpha value is -3.72. The van der Waals surface area contributed by atoms with E-state index in [0.29, 0.717) is 0 Å². The minimum Gasteiger partial charge on any atom is -0.295 e. The van der Waals surface area contributed by atoms with Gasteiger partial charge in [-0.25, -0.2) is 9.55 Å². The van der Waals surface area contributed by atoms with Gasteiger partial charge in [0.15, 0.2) is 6.20 Å². The van der Waals surface area contributed by atoms with Crippen LogP contribution in [-0.4, -0.2) is 9.55 Å². The number of benzene rings is 3. The summed E-state index contributed by atoms with van der Waals surface area (Å²) in [5, 5.41) is 0. The van der Waals surface area contributed by atoms with Gasteiger partial charge in [0.05, 0.1) is 22.3 Å². The highest BCUT2D eigenvalue weighted by atomic mass is 15.1. The van der Waals surface area contributed by atoms with E-state index in [1.54, 1.807) is 0 Å². The maximum Gasteiger partial charge on any atom is 0.215 e. The van der Waals surface area contributed by atoms with Gasteiger partial charge in [-0.3, -0.25) is 4.57 Å². The van der Waals surface area contributed by atoms with Gasteiger partial charge < -0.3 is 0 Å². The zero-order valence-electron chi connectivity index (χ0n) is 18.1. The van der Waals surface area contributed by atoms with Gasteiger partial charge in [0.2, 0.25) is 5.69 Å². The van der Waals surface area contributed by atoms with Crippen molar-refractivity contribution >= 4 is 11.0 Å². The van der Waals surface area contributed by atoms with Crippen molar-refractivity contribution in [3.05, 3.63) is 102 Å². The van der Waals surface area contributed by atoms with Crippen molar-refractivity contribution < 1.29 is 4.57 Å². The molecule has 0 fully saturated rings. The van der Waals surface area contributed by atoms with Crippen molar-refractivity contribution in [1.82, 2.24) is 9.55 Å². The smallest absolute Gasteiger partial charge is 0.215 e. The van der Waals surface area contributed by atoms with Gasteiger partial charge in [-0.05, 0) is 48.2 Å². The Balaban J connectivity index is 1.68. The van der Waals surface area contributed by atoms with Crippen molar-refractivity contribution in [2.45, 2.75) is 20.3 Å². The minimum absolute atomic E-state index is 0.888. The topological polar surface area (TPSA) is 21.7 Å². The van der Waals surface area contributed by atoms with Crippen LogP contribution in [0, 0.1) is 13.8 Å². The molecule has 0 amide bonds. The van der Waals surface area contributed by atoms with Gasteiger partial charge in [-0.1, -0.05) is 54.6 Å². The molecule has 0 saturated heterocycles. The normalized spacial score (nSPS) is 12.2. The van der Waals surface area contributed by atoms with E-state index in [-0.39, 0.29) is 0 Å². The van der Waals surface area contributed by atoms with Crippen LogP contribution < -0.4 is 4.57 Å². The average Bonchev–Trinajstić information content (AvgIpc) is 3.31. The lowest BCUT2D eigenvalue weighted by atomic mass is 9.96. The van der Waals surface area contributed by atoms with E-state index in [9.17, 15) is 0 Å². The summed E-state index contributed by atoms with van der Waals surface area (Å²) in [6.45, 7) is 4.39. The zero-order chi connectivity index (χ0) is 21.1. The second-order valence-electron chi connectivity index (χ2n) is 8.53. The average molecular weight is 403 g/mol. The SMILES string of the molecule is Cc1c[n+](C)c(-c2c(C)ccc3nc4n(c23)-c2ccccc2C4)cc1-c1ccccc1. The molecule has 1 aliphatic heterocycles. The van der Waals surface area contributed by atoms with E-state index < -0.39 is 0 Å². The van der Waals surface area contributed by atoms with Crippen LogP contribution in [0.2, 0.25) is 0 Å². The summed E-state index contributed by atoms with van der Waals surface area (Å²) in [4.78, 5) is 5.02. The fraction of sp³-hybridized carbons (Fsp3) is 0.143. The molecule has 6 rings (SSSR count). The minimum atomic E-state index is 0.888. The summed E-state index contributed by atoms with van der Waals surface area (Å²) in [7, 11) is 2.14. The maximum absolute atomic E-state index is 5.02. The van der Waals surface area contributed by atoms with E-state index in [1.807, 2.05) is 0 Å². The number of rotatable bonds is 2. The summed E-state index contributed by atoms with van der Waals surface area (Å²) in [6.07, 6.45) is 3.13. The lowest BCUT2D eigenvalue weighted by molar-refractivity contribution is -0.660. The predicted octanol–water partition coefficient (Wildman–Crippen LogP) is 5.71. The molecule has 3 heterocycles. The zero-order valence-corrected chi connectivity index (χ0v) is 18.1. The Morgan fingerprint density at radius 2 is 1.65 bits per heavy atom. The second kappa shape index (κ2) is 6.64. The largest absolute Gasteiger partial charge is 0.295 e. The van der Waals surface area contributed by atoms with Crippen molar-refractivity contribution in [1.29, 1.82) is 0 Å². The second-order valence-corrected chi connectivity index (χ2v) is 8.53. The molecule has 0 radical (unpaired) electrons. The molecule has 0 atom stereocenters. The maximum atomic E-state index is 5.02. The van der Waals surface area contributed by atoms with Gasteiger partial charge in [0, 0.05) is 18.1 Å². The Kier molecular flexibility index (Phi) is 3.87. The van der Waals surface area contributed by atoms with Crippen molar-refractivity contribution in [2.24, 2.45) is 7.05 Å². The number of imidazole rings is 1. The van der Waals surface area contributed by atoms with Crippen LogP contribution in [0.3, 0.4) is 0 Å². The Bertz CT molecular complexity index is 1480. The molecule has 0 saturated carbocycles. The molecule has 150 valence electrons. The molecule has 3 nitrogen and oxygen atoms in total. The summed E-state index contributed by atoms with van der Waals surface area (Å²) in [5.41, 5.74) is 12.4. The van der Waals surface area contributed by atoms with E-state index in [1.165, 1.54) is 50.3 Å². The molecule has 1 aliphatic rings. The number of hydrogen-bond acceptors (Lipinski definition) is 1. The molecule has 0 spiro atoms. The van der Waals surface area contributed by atoms with Crippen LogP contribution in [0.1, 0.15) is 22.5 Å². The summed E-state index contributed by atoms with van der Waals surface area (Å²) in [5.74, 6) is 1.13. The summed E-state index contributed by atoms with van der Waals surface area (Å²) < 4.78 is 4.62. The van der Waals surface area contributed by atoms with Crippen LogP contribution in [0.25, 0.3) is 39.1 Å². The lowest BCUT2D eigenvalue weighted by Crippen LogP contribution is -2.31. The van der Waals surface area contributed by atoms with E-state index >= 15 is 0 Å². The first-order valence-electron chi connectivity index (χ1n) is 10.8. The van der Waals surface area contributed by atoms with E-state index in [0.717, 1.165) is 17.8 Å². The monoisotopic (exact) mass is 402 g/mol. The molecule has 0 N–H and O–H groups in total. The highest BCUT2D eigenvalue weighted by Crippen LogP contribution is 2.38. The molecule has 5 aromatic rings. The lowest BCUT2D eigenvalue weighted by Gasteiger charge is -2.13. The molecule has 0 unspecified atom stereocenters. The van der Waals surface area contributed by atoms with Gasteiger partial charge >= 0.3 is 0 Å². The van der Waals surface area contributed by atoms with Crippen LogP contribution in [-0.2, 0) is 13.5 Å². The molecule has 3 aromatic carbocycles. The van der Waals surface area contributed by atoms with Crippen molar-refractivity contribution in [3.8, 4) is 28.1 Å². The van der Waals surface area contributed by atoms with Crippen LogP contribution in [0.15, 0.2) is 79.0 Å². The fourth-order valence-corrected chi connectivity index (χ4v) is 5.03. The molecule has 0 aliphatic carbocycles. The van der Waals surface area contributed by atoms with Gasteiger partial charge in [0.1, 0.15) is 12.9 Å². The number of hydrogen-bond donors (Lipinski definition) is 0.